The molecular formula is C8H7N3O3S2. The molecular weight excluding hydrogens is 250 g/mol. The minimum Gasteiger partial charge on any atom is -0.303 e. The van der Waals surface area contributed by atoms with Gasteiger partial charge in [0.15, 0.2) is 0 Å². The fourth-order valence-corrected chi connectivity index (χ4v) is 3.07. The standard InChI is InChI=1S/C8H7N3O3S2/c9-4-6-5-11(6)8(12)10-16(13,14)7-2-1-3-15-7/h1-3,6H,5H2,(H,10,12). The van der Waals surface area contributed by atoms with Crippen LogP contribution in [0.1, 0.15) is 0 Å². The summed E-state index contributed by atoms with van der Waals surface area (Å²) in [7, 11) is -3.78. The number of sulfonamides is 1. The number of nitrogens with zero attached hydrogens (tertiary/aromatic N) is 2. The third-order valence-corrected chi connectivity index (χ3v) is 4.72. The van der Waals surface area contributed by atoms with Gasteiger partial charge in [-0.05, 0) is 11.4 Å². The van der Waals surface area contributed by atoms with Crippen molar-refractivity contribution in [3.63, 3.8) is 0 Å². The SMILES string of the molecule is N#CC1CN1C(=O)NS(=O)(=O)c1cccs1. The van der Waals surface area contributed by atoms with E-state index in [1.807, 2.05) is 10.8 Å². The van der Waals surface area contributed by atoms with Crippen molar-refractivity contribution in [3.8, 4) is 6.07 Å². The van der Waals surface area contributed by atoms with Crippen molar-refractivity contribution in [2.24, 2.45) is 0 Å². The molecule has 16 heavy (non-hydrogen) atoms. The van der Waals surface area contributed by atoms with Gasteiger partial charge >= 0.3 is 6.03 Å². The summed E-state index contributed by atoms with van der Waals surface area (Å²) in [6.07, 6.45) is 0. The van der Waals surface area contributed by atoms with Gasteiger partial charge in [-0.15, -0.1) is 11.3 Å². The normalized spacial score (nSPS) is 18.9. The number of nitrogens with one attached hydrogen (secondary N) is 1. The quantitative estimate of drug-likeness (QED) is 0.774. The lowest BCUT2D eigenvalue weighted by molar-refractivity contribution is 0.234. The predicted octanol–water partition coefficient (Wildman–Crippen LogP) is 0.354. The molecule has 84 valence electrons. The van der Waals surface area contributed by atoms with E-state index in [0.29, 0.717) is 0 Å². The first-order valence-corrected chi connectivity index (χ1v) is 6.67. The van der Waals surface area contributed by atoms with Crippen LogP contribution in [0, 0.1) is 11.3 Å². The van der Waals surface area contributed by atoms with Crippen LogP contribution in [0.4, 0.5) is 4.79 Å². The lowest BCUT2D eigenvalue weighted by Gasteiger charge is -2.04. The Morgan fingerprint density at radius 1 is 1.69 bits per heavy atom. The Morgan fingerprint density at radius 3 is 2.94 bits per heavy atom. The second kappa shape index (κ2) is 3.77. The first-order chi connectivity index (χ1) is 7.54. The summed E-state index contributed by atoms with van der Waals surface area (Å²) in [5, 5.41) is 10.1. The Morgan fingerprint density at radius 2 is 2.44 bits per heavy atom. The summed E-state index contributed by atoms with van der Waals surface area (Å²) in [4.78, 5) is 12.5. The predicted molar refractivity (Wildman–Crippen MR) is 56.1 cm³/mol. The Balaban J connectivity index is 2.06. The molecule has 0 radical (unpaired) electrons. The molecule has 0 aliphatic carbocycles. The zero-order chi connectivity index (χ0) is 11.8. The van der Waals surface area contributed by atoms with Gasteiger partial charge in [-0.1, -0.05) is 6.07 Å². The highest BCUT2D eigenvalue weighted by molar-refractivity contribution is 7.92. The van der Waals surface area contributed by atoms with Crippen molar-refractivity contribution in [1.82, 2.24) is 9.62 Å². The third kappa shape index (κ3) is 2.00. The number of carbonyl (C=O) groups excluding carboxylic acids is 1. The molecule has 1 fully saturated rings. The van der Waals surface area contributed by atoms with Gasteiger partial charge < -0.3 is 4.90 Å². The largest absolute Gasteiger partial charge is 0.332 e. The number of hydrogen-bond donors (Lipinski definition) is 1. The molecule has 0 saturated carbocycles. The molecule has 2 amide bonds. The Hall–Kier alpha value is -1.59. The van der Waals surface area contributed by atoms with Crippen LogP contribution in [0.15, 0.2) is 21.7 Å². The summed E-state index contributed by atoms with van der Waals surface area (Å²) in [6, 6.07) is 3.60. The second-order valence-corrected chi connectivity index (χ2v) is 6.00. The molecule has 1 aromatic rings. The van der Waals surface area contributed by atoms with Crippen molar-refractivity contribution in [3.05, 3.63) is 17.5 Å². The van der Waals surface area contributed by atoms with Crippen LogP contribution in [-0.2, 0) is 10.0 Å². The summed E-state index contributed by atoms with van der Waals surface area (Å²) < 4.78 is 25.2. The minimum absolute atomic E-state index is 0.0798. The van der Waals surface area contributed by atoms with Gasteiger partial charge in [-0.25, -0.2) is 17.9 Å². The average Bonchev–Trinajstić information content (AvgIpc) is 2.80. The van der Waals surface area contributed by atoms with Crippen molar-refractivity contribution in [2.75, 3.05) is 6.54 Å². The molecule has 1 atom stereocenters. The van der Waals surface area contributed by atoms with Crippen molar-refractivity contribution >= 4 is 27.4 Å². The van der Waals surface area contributed by atoms with E-state index in [0.717, 1.165) is 16.2 Å². The maximum absolute atomic E-state index is 11.6. The van der Waals surface area contributed by atoms with Crippen LogP contribution in [-0.4, -0.2) is 31.9 Å². The van der Waals surface area contributed by atoms with E-state index in [1.165, 1.54) is 6.07 Å². The molecule has 1 unspecified atom stereocenters. The van der Waals surface area contributed by atoms with E-state index in [9.17, 15) is 13.2 Å². The number of rotatable bonds is 2. The highest BCUT2D eigenvalue weighted by Crippen LogP contribution is 2.19. The summed E-state index contributed by atoms with van der Waals surface area (Å²) in [5.74, 6) is 0. The Kier molecular flexibility index (Phi) is 2.57. The topological polar surface area (TPSA) is 90.0 Å². The van der Waals surface area contributed by atoms with E-state index in [-0.39, 0.29) is 10.8 Å². The molecule has 1 aliphatic rings. The first kappa shape index (κ1) is 10.9. The third-order valence-electron chi connectivity index (χ3n) is 2.00. The number of carbonyl (C=O) groups is 1. The second-order valence-electron chi connectivity index (χ2n) is 3.14. The van der Waals surface area contributed by atoms with Gasteiger partial charge in [0.05, 0.1) is 12.6 Å². The maximum atomic E-state index is 11.6. The van der Waals surface area contributed by atoms with Crippen LogP contribution < -0.4 is 4.72 Å². The molecule has 0 bridgehead atoms. The summed E-state index contributed by atoms with van der Waals surface area (Å²) >= 11 is 1.02. The Labute approximate surface area is 96.2 Å². The lowest BCUT2D eigenvalue weighted by atomic mass is 10.5. The van der Waals surface area contributed by atoms with Gasteiger partial charge in [0.25, 0.3) is 10.0 Å². The molecule has 0 aromatic carbocycles. The fraction of sp³-hybridized carbons (Fsp3) is 0.250. The van der Waals surface area contributed by atoms with Crippen LogP contribution in [0.3, 0.4) is 0 Å². The number of nitriles is 1. The van der Waals surface area contributed by atoms with Crippen LogP contribution >= 0.6 is 11.3 Å². The van der Waals surface area contributed by atoms with Crippen LogP contribution in [0.5, 0.6) is 0 Å². The number of hydrogen-bond acceptors (Lipinski definition) is 5. The minimum atomic E-state index is -3.78. The molecule has 1 aromatic heterocycles. The number of urea groups is 1. The molecule has 1 aliphatic heterocycles. The highest BCUT2D eigenvalue weighted by atomic mass is 32.2. The van der Waals surface area contributed by atoms with E-state index in [2.05, 4.69) is 0 Å². The highest BCUT2D eigenvalue weighted by Gasteiger charge is 2.40. The van der Waals surface area contributed by atoms with Crippen molar-refractivity contribution in [2.45, 2.75) is 10.3 Å². The van der Waals surface area contributed by atoms with Crippen LogP contribution in [0.25, 0.3) is 0 Å². The van der Waals surface area contributed by atoms with Crippen LogP contribution in [0.2, 0.25) is 0 Å². The molecule has 2 rings (SSSR count). The molecule has 8 heteroatoms. The van der Waals surface area contributed by atoms with Crippen molar-refractivity contribution < 1.29 is 13.2 Å². The monoisotopic (exact) mass is 257 g/mol. The van der Waals surface area contributed by atoms with Gasteiger partial charge in [-0.2, -0.15) is 5.26 Å². The van der Waals surface area contributed by atoms with Crippen molar-refractivity contribution in [1.29, 1.82) is 5.26 Å². The average molecular weight is 257 g/mol. The molecule has 6 nitrogen and oxygen atoms in total. The molecule has 1 N–H and O–H groups in total. The maximum Gasteiger partial charge on any atom is 0.332 e. The van der Waals surface area contributed by atoms with E-state index in [1.54, 1.807) is 11.4 Å². The number of amides is 2. The summed E-state index contributed by atoms with van der Waals surface area (Å²) in [5.41, 5.74) is 0. The zero-order valence-electron chi connectivity index (χ0n) is 7.95. The summed E-state index contributed by atoms with van der Waals surface area (Å²) in [6.45, 7) is 0.280. The van der Waals surface area contributed by atoms with Gasteiger partial charge in [-0.3, -0.25) is 0 Å². The van der Waals surface area contributed by atoms with E-state index >= 15 is 0 Å². The molecule has 0 spiro atoms. The van der Waals surface area contributed by atoms with E-state index in [4.69, 9.17) is 5.26 Å². The van der Waals surface area contributed by atoms with Gasteiger partial charge in [0.2, 0.25) is 0 Å². The molecule has 2 heterocycles. The van der Waals surface area contributed by atoms with E-state index < -0.39 is 22.1 Å². The zero-order valence-corrected chi connectivity index (χ0v) is 9.59. The fourth-order valence-electron chi connectivity index (χ4n) is 1.11. The molecule has 1 saturated heterocycles. The first-order valence-electron chi connectivity index (χ1n) is 4.31. The lowest BCUT2D eigenvalue weighted by Crippen LogP contribution is -2.34. The number of thiophene rings is 1. The Bertz CT molecular complexity index is 544. The van der Waals surface area contributed by atoms with Gasteiger partial charge in [0.1, 0.15) is 10.3 Å². The van der Waals surface area contributed by atoms with Gasteiger partial charge in [0, 0.05) is 0 Å². The smallest absolute Gasteiger partial charge is 0.303 e.